The predicted molar refractivity (Wildman–Crippen MR) is 65.3 cm³/mol. The molecule has 0 saturated carbocycles. The predicted octanol–water partition coefficient (Wildman–Crippen LogP) is 2.83. The van der Waals surface area contributed by atoms with Gasteiger partial charge in [0.1, 0.15) is 0 Å². The standard InChI is InChI=1S/C13H11AsO3/c1-10-6-8-11(9-7-10)15-14-16-12-4-2-3-5-13(12)17-14/h2-9H,1H3. The fraction of sp³-hybridized carbons (Fsp3) is 0.0769. The Morgan fingerprint density at radius 3 is 2.06 bits per heavy atom. The zero-order valence-corrected chi connectivity index (χ0v) is 11.2. The second-order valence-corrected chi connectivity index (χ2v) is 5.84. The van der Waals surface area contributed by atoms with Crippen LogP contribution in [0.3, 0.4) is 0 Å². The SMILES string of the molecule is Cc1ccc(O[As]2Oc3ccccc3O2)cc1. The Bertz CT molecular complexity index is 499. The Labute approximate surface area is 105 Å². The van der Waals surface area contributed by atoms with Crippen molar-refractivity contribution in [3.05, 3.63) is 54.1 Å². The maximum absolute atomic E-state index is 5.71. The van der Waals surface area contributed by atoms with Gasteiger partial charge in [0.2, 0.25) is 0 Å². The van der Waals surface area contributed by atoms with Crippen LogP contribution >= 0.6 is 0 Å². The van der Waals surface area contributed by atoms with Crippen molar-refractivity contribution in [2.45, 2.75) is 6.92 Å². The van der Waals surface area contributed by atoms with Crippen molar-refractivity contribution < 1.29 is 11.2 Å². The number of rotatable bonds is 2. The van der Waals surface area contributed by atoms with E-state index in [0.717, 1.165) is 17.2 Å². The molecule has 1 aliphatic rings. The number of para-hydroxylation sites is 2. The average molecular weight is 290 g/mol. The summed E-state index contributed by atoms with van der Waals surface area (Å²) in [6.45, 7) is 2.04. The van der Waals surface area contributed by atoms with E-state index in [2.05, 4.69) is 0 Å². The molecule has 0 aromatic heterocycles. The molecule has 3 nitrogen and oxygen atoms in total. The molecule has 17 heavy (non-hydrogen) atoms. The van der Waals surface area contributed by atoms with Crippen LogP contribution in [0.4, 0.5) is 0 Å². The molecule has 0 unspecified atom stereocenters. The Balaban J connectivity index is 1.71. The fourth-order valence-electron chi connectivity index (χ4n) is 1.50. The Morgan fingerprint density at radius 1 is 0.882 bits per heavy atom. The van der Waals surface area contributed by atoms with Gasteiger partial charge in [0, 0.05) is 0 Å². The number of fused-ring (bicyclic) bond motifs is 1. The van der Waals surface area contributed by atoms with Gasteiger partial charge in [-0.3, -0.25) is 0 Å². The first-order chi connectivity index (χ1) is 8.31. The quantitative estimate of drug-likeness (QED) is 0.796. The summed E-state index contributed by atoms with van der Waals surface area (Å²) >= 11 is -2.18. The van der Waals surface area contributed by atoms with E-state index in [1.165, 1.54) is 5.56 Å². The molecule has 0 amide bonds. The molecule has 4 heteroatoms. The second kappa shape index (κ2) is 4.34. The summed E-state index contributed by atoms with van der Waals surface area (Å²) in [6, 6.07) is 15.5. The van der Waals surface area contributed by atoms with Gasteiger partial charge in [-0.15, -0.1) is 0 Å². The van der Waals surface area contributed by atoms with Crippen molar-refractivity contribution in [2.75, 3.05) is 0 Å². The average Bonchev–Trinajstić information content (AvgIpc) is 2.74. The summed E-state index contributed by atoms with van der Waals surface area (Å²) in [5.41, 5.74) is 1.20. The van der Waals surface area contributed by atoms with Crippen LogP contribution in [0.5, 0.6) is 17.2 Å². The third-order valence-electron chi connectivity index (χ3n) is 2.40. The molecule has 0 fully saturated rings. The summed E-state index contributed by atoms with van der Waals surface area (Å²) in [5, 5.41) is 0. The molecule has 2 aromatic carbocycles. The van der Waals surface area contributed by atoms with Crippen molar-refractivity contribution in [1.29, 1.82) is 0 Å². The molecular formula is C13H11AsO3. The van der Waals surface area contributed by atoms with E-state index in [1.807, 2.05) is 55.5 Å². The van der Waals surface area contributed by atoms with Crippen molar-refractivity contribution in [3.63, 3.8) is 0 Å². The van der Waals surface area contributed by atoms with Crippen LogP contribution in [0, 0.1) is 6.92 Å². The molecule has 3 rings (SSSR count). The molecule has 86 valence electrons. The van der Waals surface area contributed by atoms with Crippen LogP contribution in [0.25, 0.3) is 0 Å². The van der Waals surface area contributed by atoms with E-state index in [1.54, 1.807) is 0 Å². The molecule has 0 bridgehead atoms. The van der Waals surface area contributed by atoms with E-state index < -0.39 is 15.7 Å². The van der Waals surface area contributed by atoms with E-state index in [4.69, 9.17) is 11.2 Å². The van der Waals surface area contributed by atoms with Gasteiger partial charge in [-0.2, -0.15) is 0 Å². The Hall–Kier alpha value is -1.60. The second-order valence-electron chi connectivity index (χ2n) is 3.76. The fourth-order valence-corrected chi connectivity index (χ4v) is 3.66. The van der Waals surface area contributed by atoms with Crippen LogP contribution in [-0.4, -0.2) is 15.7 Å². The summed E-state index contributed by atoms with van der Waals surface area (Å²) in [5.74, 6) is 2.35. The molecular weight excluding hydrogens is 279 g/mol. The van der Waals surface area contributed by atoms with Gasteiger partial charge in [0.15, 0.2) is 0 Å². The van der Waals surface area contributed by atoms with Crippen molar-refractivity contribution in [3.8, 4) is 17.2 Å². The van der Waals surface area contributed by atoms with Gasteiger partial charge < -0.3 is 0 Å². The maximum atomic E-state index is 5.71. The van der Waals surface area contributed by atoms with Gasteiger partial charge in [-0.05, 0) is 0 Å². The molecule has 0 saturated heterocycles. The van der Waals surface area contributed by atoms with Crippen LogP contribution < -0.4 is 11.2 Å². The molecule has 0 atom stereocenters. The minimum atomic E-state index is -2.18. The van der Waals surface area contributed by atoms with Gasteiger partial charge in [-0.25, -0.2) is 0 Å². The first-order valence-corrected chi connectivity index (χ1v) is 7.61. The summed E-state index contributed by atoms with van der Waals surface area (Å²) in [6.07, 6.45) is 0. The third-order valence-corrected chi connectivity index (χ3v) is 4.60. The van der Waals surface area contributed by atoms with Gasteiger partial charge in [0.05, 0.1) is 0 Å². The van der Waals surface area contributed by atoms with E-state index >= 15 is 0 Å². The topological polar surface area (TPSA) is 27.7 Å². The summed E-state index contributed by atoms with van der Waals surface area (Å²) < 4.78 is 17.0. The summed E-state index contributed by atoms with van der Waals surface area (Å²) in [7, 11) is 0. The Morgan fingerprint density at radius 2 is 1.47 bits per heavy atom. The zero-order valence-electron chi connectivity index (χ0n) is 9.29. The van der Waals surface area contributed by atoms with Crippen LogP contribution in [-0.2, 0) is 0 Å². The first-order valence-electron chi connectivity index (χ1n) is 5.31. The van der Waals surface area contributed by atoms with Crippen molar-refractivity contribution >= 4 is 15.7 Å². The molecule has 0 spiro atoms. The van der Waals surface area contributed by atoms with Gasteiger partial charge in [0.25, 0.3) is 0 Å². The van der Waals surface area contributed by atoms with E-state index in [9.17, 15) is 0 Å². The number of benzene rings is 2. The number of hydrogen-bond donors (Lipinski definition) is 0. The van der Waals surface area contributed by atoms with Crippen molar-refractivity contribution in [2.24, 2.45) is 0 Å². The van der Waals surface area contributed by atoms with Crippen LogP contribution in [0.1, 0.15) is 5.56 Å². The van der Waals surface area contributed by atoms with Crippen molar-refractivity contribution in [1.82, 2.24) is 0 Å². The number of hydrogen-bond acceptors (Lipinski definition) is 3. The molecule has 1 heterocycles. The van der Waals surface area contributed by atoms with E-state index in [-0.39, 0.29) is 0 Å². The minimum absolute atomic E-state index is 0.777. The van der Waals surface area contributed by atoms with Crippen LogP contribution in [0.2, 0.25) is 0 Å². The molecule has 2 aromatic rings. The normalized spacial score (nSPS) is 13.7. The Kier molecular flexibility index (Phi) is 2.69. The molecule has 0 N–H and O–H groups in total. The van der Waals surface area contributed by atoms with Gasteiger partial charge >= 0.3 is 105 Å². The zero-order chi connectivity index (χ0) is 11.7. The van der Waals surface area contributed by atoms with Gasteiger partial charge in [-0.1, -0.05) is 0 Å². The molecule has 0 aliphatic carbocycles. The third kappa shape index (κ3) is 2.25. The molecule has 1 aliphatic heterocycles. The van der Waals surface area contributed by atoms with E-state index in [0.29, 0.717) is 0 Å². The van der Waals surface area contributed by atoms with Crippen LogP contribution in [0.15, 0.2) is 48.5 Å². The monoisotopic (exact) mass is 290 g/mol. The molecule has 0 radical (unpaired) electrons. The first kappa shape index (κ1) is 10.5. The number of aryl methyl sites for hydroxylation is 1. The summed E-state index contributed by atoms with van der Waals surface area (Å²) in [4.78, 5) is 0.